The zero-order valence-corrected chi connectivity index (χ0v) is 16.2. The van der Waals surface area contributed by atoms with Crippen molar-refractivity contribution < 1.29 is 0 Å². The van der Waals surface area contributed by atoms with E-state index in [1.165, 1.54) is 28.8 Å². The topological polar surface area (TPSA) is 120 Å². The van der Waals surface area contributed by atoms with Gasteiger partial charge in [-0.25, -0.2) is 5.10 Å². The van der Waals surface area contributed by atoms with Gasteiger partial charge >= 0.3 is 0 Å². The molecule has 0 unspecified atom stereocenters. The first kappa shape index (κ1) is 18.3. The smallest absolute Gasteiger partial charge is 0.264 e. The van der Waals surface area contributed by atoms with Crippen LogP contribution in [0.1, 0.15) is 5.82 Å². The van der Waals surface area contributed by atoms with Crippen LogP contribution in [0.3, 0.4) is 0 Å². The third-order valence-electron chi connectivity index (χ3n) is 3.81. The number of hydrogen-bond donors (Lipinski definition) is 1. The molecule has 4 rings (SSSR count). The van der Waals surface area contributed by atoms with Gasteiger partial charge in [0, 0.05) is 35.9 Å². The van der Waals surface area contributed by atoms with Crippen molar-refractivity contribution in [2.24, 2.45) is 7.05 Å². The summed E-state index contributed by atoms with van der Waals surface area (Å²) in [5.74, 6) is 1.89. The van der Waals surface area contributed by atoms with E-state index in [1.807, 2.05) is 23.7 Å². The first-order valence-electron chi connectivity index (χ1n) is 8.22. The molecule has 3 aromatic heterocycles. The Labute approximate surface area is 168 Å². The van der Waals surface area contributed by atoms with Crippen LogP contribution in [0, 0.1) is 0 Å². The van der Waals surface area contributed by atoms with Crippen LogP contribution in [0.25, 0.3) is 17.1 Å². The second-order valence-corrected chi connectivity index (χ2v) is 7.27. The normalized spacial score (nSPS) is 11.1. The van der Waals surface area contributed by atoms with Crippen LogP contribution in [0.15, 0.2) is 46.5 Å². The fourth-order valence-corrected chi connectivity index (χ4v) is 3.51. The second-order valence-electron chi connectivity index (χ2n) is 5.77. The molecule has 1 aromatic carbocycles. The Morgan fingerprint density at radius 3 is 2.93 bits per heavy atom. The van der Waals surface area contributed by atoms with Gasteiger partial charge in [-0.3, -0.25) is 4.79 Å². The minimum absolute atomic E-state index is 0.288. The molecular weight excluding hydrogens is 402 g/mol. The minimum Gasteiger partial charge on any atom is -0.305 e. The number of rotatable bonds is 6. The highest BCUT2D eigenvalue weighted by atomic mass is 35.5. The Balaban J connectivity index is 1.40. The molecule has 0 spiro atoms. The number of H-pyrrole nitrogens is 1. The summed E-state index contributed by atoms with van der Waals surface area (Å²) in [5, 5.41) is 28.3. The molecule has 10 nitrogen and oxygen atoms in total. The molecule has 0 saturated heterocycles. The number of aryl methyl sites for hydroxylation is 1. The molecule has 28 heavy (non-hydrogen) atoms. The molecule has 0 aliphatic carbocycles. The highest BCUT2D eigenvalue weighted by Crippen LogP contribution is 2.21. The average Bonchev–Trinajstić information content (AvgIpc) is 3.29. The second kappa shape index (κ2) is 7.90. The van der Waals surface area contributed by atoms with Gasteiger partial charge in [0.15, 0.2) is 16.8 Å². The lowest BCUT2D eigenvalue weighted by atomic mass is 10.3. The molecule has 0 amide bonds. The molecule has 0 radical (unpaired) electrons. The van der Waals surface area contributed by atoms with Crippen molar-refractivity contribution in [2.75, 3.05) is 5.75 Å². The van der Waals surface area contributed by atoms with E-state index in [2.05, 4.69) is 35.8 Å². The van der Waals surface area contributed by atoms with E-state index in [9.17, 15) is 4.79 Å². The largest absolute Gasteiger partial charge is 0.305 e. The highest BCUT2D eigenvalue weighted by molar-refractivity contribution is 7.99. The number of benzene rings is 1. The number of thioether (sulfide) groups is 1. The van der Waals surface area contributed by atoms with Crippen LogP contribution in [0.5, 0.6) is 0 Å². The summed E-state index contributed by atoms with van der Waals surface area (Å²) in [5.41, 5.74) is 1.07. The maximum atomic E-state index is 11.4. The zero-order chi connectivity index (χ0) is 19.5. The summed E-state index contributed by atoms with van der Waals surface area (Å²) >= 11 is 7.51. The molecule has 3 heterocycles. The van der Waals surface area contributed by atoms with Crippen molar-refractivity contribution in [2.45, 2.75) is 11.6 Å². The summed E-state index contributed by atoms with van der Waals surface area (Å²) in [6.07, 6.45) is 2.15. The molecular formula is C16H14ClN9OS. The van der Waals surface area contributed by atoms with E-state index in [4.69, 9.17) is 11.6 Å². The van der Waals surface area contributed by atoms with Crippen molar-refractivity contribution in [3.8, 4) is 17.1 Å². The third kappa shape index (κ3) is 3.94. The van der Waals surface area contributed by atoms with E-state index in [-0.39, 0.29) is 5.56 Å². The van der Waals surface area contributed by atoms with Crippen LogP contribution < -0.4 is 5.56 Å². The highest BCUT2D eigenvalue weighted by Gasteiger charge is 2.13. The maximum Gasteiger partial charge on any atom is 0.264 e. The predicted molar refractivity (Wildman–Crippen MR) is 103 cm³/mol. The van der Waals surface area contributed by atoms with E-state index < -0.39 is 0 Å². The maximum absolute atomic E-state index is 11.4. The standard InChI is InChI=1S/C16H14ClN9OS/c1-25-15(10-7-14(27)20-18-9-10)21-22-16(25)28-6-5-13-19-24-26(23-13)12-4-2-3-11(17)8-12/h2-4,7-9H,5-6H2,1H3,(H,20,27). The summed E-state index contributed by atoms with van der Waals surface area (Å²) in [7, 11) is 1.84. The fourth-order valence-electron chi connectivity index (χ4n) is 2.48. The first-order chi connectivity index (χ1) is 13.6. The van der Waals surface area contributed by atoms with E-state index >= 15 is 0 Å². The van der Waals surface area contributed by atoms with Gasteiger partial charge in [-0.05, 0) is 23.4 Å². The summed E-state index contributed by atoms with van der Waals surface area (Å²) < 4.78 is 1.82. The Kier molecular flexibility index (Phi) is 5.17. The van der Waals surface area contributed by atoms with E-state index in [0.717, 1.165) is 10.8 Å². The SMILES string of the molecule is Cn1c(SCCc2nnn(-c3cccc(Cl)c3)n2)nnc1-c1cn[nH]c(=O)c1. The summed E-state index contributed by atoms with van der Waals surface area (Å²) in [6, 6.07) is 8.68. The number of tetrazole rings is 1. The van der Waals surface area contributed by atoms with Crippen molar-refractivity contribution >= 4 is 23.4 Å². The van der Waals surface area contributed by atoms with Gasteiger partial charge in [-0.2, -0.15) is 5.10 Å². The quantitative estimate of drug-likeness (QED) is 0.471. The molecule has 0 aliphatic rings. The van der Waals surface area contributed by atoms with Gasteiger partial charge < -0.3 is 4.57 Å². The van der Waals surface area contributed by atoms with Crippen LogP contribution >= 0.6 is 23.4 Å². The van der Waals surface area contributed by atoms with Gasteiger partial charge in [0.1, 0.15) is 0 Å². The molecule has 0 saturated carbocycles. The number of halogens is 1. The number of aromatic amines is 1. The Morgan fingerprint density at radius 2 is 2.11 bits per heavy atom. The lowest BCUT2D eigenvalue weighted by Crippen LogP contribution is -2.07. The fraction of sp³-hybridized carbons (Fsp3) is 0.188. The van der Waals surface area contributed by atoms with Gasteiger partial charge in [-0.15, -0.1) is 25.2 Å². The number of nitrogens with zero attached hydrogens (tertiary/aromatic N) is 8. The molecule has 0 aliphatic heterocycles. The van der Waals surface area contributed by atoms with Crippen molar-refractivity contribution in [3.63, 3.8) is 0 Å². The number of aromatic nitrogens is 9. The van der Waals surface area contributed by atoms with Gasteiger partial charge in [0.2, 0.25) is 0 Å². The lowest BCUT2D eigenvalue weighted by Gasteiger charge is -2.02. The van der Waals surface area contributed by atoms with Crippen LogP contribution in [0.4, 0.5) is 0 Å². The number of nitrogens with one attached hydrogen (secondary N) is 1. The van der Waals surface area contributed by atoms with Gasteiger partial charge in [0.25, 0.3) is 5.56 Å². The lowest BCUT2D eigenvalue weighted by molar-refractivity contribution is 0.718. The molecule has 1 N–H and O–H groups in total. The minimum atomic E-state index is -0.288. The zero-order valence-electron chi connectivity index (χ0n) is 14.7. The third-order valence-corrected chi connectivity index (χ3v) is 5.07. The summed E-state index contributed by atoms with van der Waals surface area (Å²) in [4.78, 5) is 12.9. The van der Waals surface area contributed by atoms with Crippen molar-refractivity contribution in [1.82, 2.24) is 45.2 Å². The molecule has 0 atom stereocenters. The number of hydrogen-bond acceptors (Lipinski definition) is 8. The Bertz CT molecular complexity index is 1170. The van der Waals surface area contributed by atoms with Gasteiger partial charge in [0.05, 0.1) is 11.9 Å². The van der Waals surface area contributed by atoms with Gasteiger partial charge in [-0.1, -0.05) is 29.4 Å². The van der Waals surface area contributed by atoms with Crippen LogP contribution in [-0.4, -0.2) is 50.9 Å². The van der Waals surface area contributed by atoms with Crippen LogP contribution in [0.2, 0.25) is 5.02 Å². The van der Waals surface area contributed by atoms with Crippen molar-refractivity contribution in [1.29, 1.82) is 0 Å². The monoisotopic (exact) mass is 415 g/mol. The van der Waals surface area contributed by atoms with E-state index in [1.54, 1.807) is 12.1 Å². The van der Waals surface area contributed by atoms with Crippen molar-refractivity contribution in [3.05, 3.63) is 57.7 Å². The predicted octanol–water partition coefficient (Wildman–Crippen LogP) is 1.53. The Hall–Kier alpha value is -3.05. The first-order valence-corrected chi connectivity index (χ1v) is 9.58. The molecule has 0 fully saturated rings. The molecule has 12 heteroatoms. The molecule has 0 bridgehead atoms. The van der Waals surface area contributed by atoms with Crippen LogP contribution in [-0.2, 0) is 13.5 Å². The molecule has 142 valence electrons. The summed E-state index contributed by atoms with van der Waals surface area (Å²) in [6.45, 7) is 0. The van der Waals surface area contributed by atoms with E-state index in [0.29, 0.717) is 34.4 Å². The molecule has 4 aromatic rings. The Morgan fingerprint density at radius 1 is 1.21 bits per heavy atom. The average molecular weight is 416 g/mol.